The van der Waals surface area contributed by atoms with E-state index in [-0.39, 0.29) is 11.4 Å². The van der Waals surface area contributed by atoms with E-state index in [9.17, 15) is 4.79 Å². The lowest BCUT2D eigenvalue weighted by Gasteiger charge is -2.24. The van der Waals surface area contributed by atoms with E-state index < -0.39 is 6.09 Å². The fourth-order valence-electron chi connectivity index (χ4n) is 2.74. The Balaban J connectivity index is 2.14. The van der Waals surface area contributed by atoms with Crippen LogP contribution >= 0.6 is 0 Å². The highest BCUT2D eigenvalue weighted by atomic mass is 16.5. The molecule has 138 valence electrons. The molecule has 27 heavy (non-hydrogen) atoms. The van der Waals surface area contributed by atoms with Gasteiger partial charge in [-0.05, 0) is 29.2 Å². The second kappa shape index (κ2) is 7.45. The zero-order valence-corrected chi connectivity index (χ0v) is 15.5. The van der Waals surface area contributed by atoms with Crippen LogP contribution in [-0.2, 0) is 5.41 Å². The number of nitrogens with zero attached hydrogens (tertiary/aromatic N) is 2. The Kier molecular flexibility index (Phi) is 5.07. The minimum Gasteiger partial charge on any atom is -0.423 e. The summed E-state index contributed by atoms with van der Waals surface area (Å²) in [6, 6.07) is 15.0. The van der Waals surface area contributed by atoms with Crippen LogP contribution in [0.15, 0.2) is 60.9 Å². The van der Waals surface area contributed by atoms with Gasteiger partial charge in [0.05, 0.1) is 0 Å². The van der Waals surface area contributed by atoms with Crippen molar-refractivity contribution in [3.05, 3.63) is 66.5 Å². The van der Waals surface area contributed by atoms with Crippen LogP contribution in [0.1, 0.15) is 26.3 Å². The summed E-state index contributed by atoms with van der Waals surface area (Å²) < 4.78 is 11.1. The number of carbonyl (C=O) groups is 1. The molecule has 0 atom stereocenters. The third-order valence-corrected chi connectivity index (χ3v) is 3.92. The van der Waals surface area contributed by atoms with Crippen LogP contribution in [0.25, 0.3) is 11.1 Å². The number of ether oxygens (including phenoxy) is 2. The maximum atomic E-state index is 11.1. The van der Waals surface area contributed by atoms with Crippen molar-refractivity contribution in [2.45, 2.75) is 26.2 Å². The fourth-order valence-corrected chi connectivity index (χ4v) is 2.74. The summed E-state index contributed by atoms with van der Waals surface area (Å²) in [7, 11) is 0. The van der Waals surface area contributed by atoms with E-state index in [1.54, 1.807) is 36.7 Å². The molecule has 2 aromatic carbocycles. The summed E-state index contributed by atoms with van der Waals surface area (Å²) in [4.78, 5) is 19.4. The first-order valence-corrected chi connectivity index (χ1v) is 8.50. The van der Waals surface area contributed by atoms with Crippen LogP contribution in [0.2, 0.25) is 0 Å². The van der Waals surface area contributed by atoms with Crippen molar-refractivity contribution in [2.75, 3.05) is 0 Å². The Labute approximate surface area is 158 Å². The van der Waals surface area contributed by atoms with Crippen molar-refractivity contribution in [2.24, 2.45) is 5.73 Å². The molecule has 0 aliphatic rings. The summed E-state index contributed by atoms with van der Waals surface area (Å²) in [5.74, 6) is 1.02. The molecule has 1 aromatic heterocycles. The molecule has 1 amide bonds. The first-order valence-electron chi connectivity index (χ1n) is 8.50. The topological polar surface area (TPSA) is 87.3 Å². The zero-order chi connectivity index (χ0) is 19.4. The van der Waals surface area contributed by atoms with Gasteiger partial charge in [-0.25, -0.2) is 14.8 Å². The van der Waals surface area contributed by atoms with Crippen molar-refractivity contribution >= 4 is 6.09 Å². The third kappa shape index (κ3) is 4.41. The maximum Gasteiger partial charge on any atom is 0.409 e. The van der Waals surface area contributed by atoms with E-state index in [4.69, 9.17) is 15.2 Å². The Bertz CT molecular complexity index is 950. The Morgan fingerprint density at radius 2 is 1.70 bits per heavy atom. The molecular weight excluding hydrogens is 342 g/mol. The van der Waals surface area contributed by atoms with E-state index in [0.717, 1.165) is 16.7 Å². The van der Waals surface area contributed by atoms with Gasteiger partial charge in [0.1, 0.15) is 11.5 Å². The summed E-state index contributed by atoms with van der Waals surface area (Å²) >= 11 is 0. The van der Waals surface area contributed by atoms with Gasteiger partial charge in [-0.3, -0.25) is 0 Å². The van der Waals surface area contributed by atoms with E-state index in [1.165, 1.54) is 0 Å². The molecule has 6 heteroatoms. The van der Waals surface area contributed by atoms with Crippen LogP contribution in [0, 0.1) is 0 Å². The van der Waals surface area contributed by atoms with E-state index in [1.807, 2.05) is 24.3 Å². The fraction of sp³-hybridized carbons (Fsp3) is 0.190. The summed E-state index contributed by atoms with van der Waals surface area (Å²) in [5.41, 5.74) is 7.63. The number of hydrogen-bond acceptors (Lipinski definition) is 5. The van der Waals surface area contributed by atoms with Gasteiger partial charge in [-0.1, -0.05) is 51.1 Å². The average molecular weight is 363 g/mol. The Hall–Kier alpha value is -3.41. The van der Waals surface area contributed by atoms with E-state index >= 15 is 0 Å². The molecule has 0 unspecified atom stereocenters. The lowest BCUT2D eigenvalue weighted by Crippen LogP contribution is -2.16. The molecule has 0 bridgehead atoms. The smallest absolute Gasteiger partial charge is 0.409 e. The number of hydrogen-bond donors (Lipinski definition) is 1. The van der Waals surface area contributed by atoms with Gasteiger partial charge in [0.2, 0.25) is 0 Å². The standard InChI is InChI=1S/C21H21N3O3/c1-21(2,3)17-10-5-9-16(18(17)27-20-23-11-6-12-24-20)14-7-4-8-15(13-14)26-19(22)25/h4-13H,1-3H3,(H2,22,25). The van der Waals surface area contributed by atoms with Crippen LogP contribution in [0.3, 0.4) is 0 Å². The van der Waals surface area contributed by atoms with Gasteiger partial charge < -0.3 is 15.2 Å². The lowest BCUT2D eigenvalue weighted by molar-refractivity contribution is 0.211. The van der Waals surface area contributed by atoms with Crippen molar-refractivity contribution in [3.8, 4) is 28.6 Å². The molecule has 1 heterocycles. The normalized spacial score (nSPS) is 11.1. The van der Waals surface area contributed by atoms with E-state index in [2.05, 4.69) is 30.7 Å². The van der Waals surface area contributed by atoms with Crippen LogP contribution in [0.5, 0.6) is 17.5 Å². The number of primary amides is 1. The van der Waals surface area contributed by atoms with Gasteiger partial charge in [-0.2, -0.15) is 0 Å². The Morgan fingerprint density at radius 1 is 1.00 bits per heavy atom. The maximum absolute atomic E-state index is 11.1. The summed E-state index contributed by atoms with van der Waals surface area (Å²) in [6.45, 7) is 6.33. The Morgan fingerprint density at radius 3 is 2.37 bits per heavy atom. The molecule has 0 spiro atoms. The molecule has 0 aliphatic carbocycles. The monoisotopic (exact) mass is 363 g/mol. The molecule has 0 aliphatic heterocycles. The number of para-hydroxylation sites is 1. The van der Waals surface area contributed by atoms with Crippen LogP contribution in [-0.4, -0.2) is 16.1 Å². The minimum atomic E-state index is -0.857. The van der Waals surface area contributed by atoms with Crippen molar-refractivity contribution in [1.29, 1.82) is 0 Å². The number of rotatable bonds is 4. The second-order valence-electron chi connectivity index (χ2n) is 7.01. The molecule has 3 rings (SSSR count). The third-order valence-electron chi connectivity index (χ3n) is 3.92. The van der Waals surface area contributed by atoms with Crippen LogP contribution in [0.4, 0.5) is 4.79 Å². The molecule has 3 aromatic rings. The van der Waals surface area contributed by atoms with Gasteiger partial charge >= 0.3 is 12.1 Å². The van der Waals surface area contributed by atoms with E-state index in [0.29, 0.717) is 11.5 Å². The largest absolute Gasteiger partial charge is 0.423 e. The van der Waals surface area contributed by atoms with Crippen molar-refractivity contribution in [3.63, 3.8) is 0 Å². The minimum absolute atomic E-state index is 0.165. The number of amides is 1. The second-order valence-corrected chi connectivity index (χ2v) is 7.01. The number of nitrogens with two attached hydrogens (primary N) is 1. The number of benzene rings is 2. The lowest BCUT2D eigenvalue weighted by atomic mass is 9.84. The summed E-state index contributed by atoms with van der Waals surface area (Å²) in [5, 5.41) is 0. The molecule has 0 radical (unpaired) electrons. The highest BCUT2D eigenvalue weighted by Gasteiger charge is 2.23. The molecule has 0 fully saturated rings. The number of aromatic nitrogens is 2. The molecule has 0 saturated carbocycles. The van der Waals surface area contributed by atoms with Gasteiger partial charge in [0.25, 0.3) is 0 Å². The zero-order valence-electron chi connectivity index (χ0n) is 15.5. The average Bonchev–Trinajstić information content (AvgIpc) is 2.61. The van der Waals surface area contributed by atoms with Gasteiger partial charge in [0.15, 0.2) is 0 Å². The quantitative estimate of drug-likeness (QED) is 0.726. The molecule has 2 N–H and O–H groups in total. The van der Waals surface area contributed by atoms with Crippen molar-refractivity contribution in [1.82, 2.24) is 9.97 Å². The molecule has 0 saturated heterocycles. The first kappa shape index (κ1) is 18.4. The SMILES string of the molecule is CC(C)(C)c1cccc(-c2cccc(OC(N)=O)c2)c1Oc1ncccn1. The summed E-state index contributed by atoms with van der Waals surface area (Å²) in [6.07, 6.45) is 2.40. The molecular formula is C21H21N3O3. The van der Waals surface area contributed by atoms with Crippen molar-refractivity contribution < 1.29 is 14.3 Å². The first-order chi connectivity index (χ1) is 12.8. The van der Waals surface area contributed by atoms with Gasteiger partial charge in [-0.15, -0.1) is 0 Å². The number of carbonyl (C=O) groups excluding carboxylic acids is 1. The highest BCUT2D eigenvalue weighted by Crippen LogP contribution is 2.41. The predicted molar refractivity (Wildman–Crippen MR) is 103 cm³/mol. The predicted octanol–water partition coefficient (Wildman–Crippen LogP) is 4.69. The highest BCUT2D eigenvalue weighted by molar-refractivity contribution is 5.75. The van der Waals surface area contributed by atoms with Crippen LogP contribution < -0.4 is 15.2 Å². The molecule has 6 nitrogen and oxygen atoms in total. The van der Waals surface area contributed by atoms with Gasteiger partial charge in [0, 0.05) is 23.5 Å².